The smallest absolute Gasteiger partial charge is 0.251 e. The first-order valence-corrected chi connectivity index (χ1v) is 7.07. The molecule has 0 bridgehead atoms. The second kappa shape index (κ2) is 6.88. The molecule has 6 heteroatoms. The number of nitrogens with zero attached hydrogens (tertiary/aromatic N) is 3. The third kappa shape index (κ3) is 4.05. The Bertz CT molecular complexity index is 598. The van der Waals surface area contributed by atoms with Crippen molar-refractivity contribution in [2.24, 2.45) is 7.05 Å². The van der Waals surface area contributed by atoms with Crippen molar-refractivity contribution in [3.63, 3.8) is 0 Å². The van der Waals surface area contributed by atoms with Crippen LogP contribution in [0.25, 0.3) is 0 Å². The van der Waals surface area contributed by atoms with E-state index in [2.05, 4.69) is 20.7 Å². The predicted molar refractivity (Wildman–Crippen MR) is 82.4 cm³/mol. The molecule has 2 N–H and O–H groups in total. The monoisotopic (exact) mass is 287 g/mol. The van der Waals surface area contributed by atoms with E-state index in [4.69, 9.17) is 0 Å². The lowest BCUT2D eigenvalue weighted by atomic mass is 10.1. The molecule has 2 aromatic rings. The number of pyridine rings is 1. The summed E-state index contributed by atoms with van der Waals surface area (Å²) < 4.78 is 1.76. The van der Waals surface area contributed by atoms with Gasteiger partial charge in [0.1, 0.15) is 5.82 Å². The number of hydrogen-bond acceptors (Lipinski definition) is 4. The van der Waals surface area contributed by atoms with Gasteiger partial charge in [-0.2, -0.15) is 5.10 Å². The lowest BCUT2D eigenvalue weighted by Gasteiger charge is -2.08. The van der Waals surface area contributed by atoms with Gasteiger partial charge in [0.15, 0.2) is 0 Å². The fourth-order valence-corrected chi connectivity index (χ4v) is 2.03. The highest BCUT2D eigenvalue weighted by Crippen LogP contribution is 2.10. The maximum Gasteiger partial charge on any atom is 0.251 e. The number of aryl methyl sites for hydroxylation is 2. The number of carbonyl (C=O) groups is 1. The zero-order valence-corrected chi connectivity index (χ0v) is 12.7. The molecule has 0 aliphatic rings. The van der Waals surface area contributed by atoms with Crippen molar-refractivity contribution in [2.75, 3.05) is 18.9 Å². The maximum absolute atomic E-state index is 12.2. The van der Waals surface area contributed by atoms with Crippen molar-refractivity contribution in [1.29, 1.82) is 0 Å². The van der Waals surface area contributed by atoms with Crippen LogP contribution in [0.4, 0.5) is 5.82 Å². The molecule has 2 heterocycles. The predicted octanol–water partition coefficient (Wildman–Crippen LogP) is 1.39. The first-order valence-electron chi connectivity index (χ1n) is 7.07. The number of hydrogen-bond donors (Lipinski definition) is 2. The van der Waals surface area contributed by atoms with E-state index in [9.17, 15) is 4.79 Å². The van der Waals surface area contributed by atoms with Crippen LogP contribution in [-0.2, 0) is 19.9 Å². The Morgan fingerprint density at radius 1 is 1.33 bits per heavy atom. The molecule has 0 radical (unpaired) electrons. The third-order valence-electron chi connectivity index (χ3n) is 3.19. The highest BCUT2D eigenvalue weighted by Gasteiger charge is 2.09. The Hall–Kier alpha value is -2.37. The van der Waals surface area contributed by atoms with Crippen LogP contribution >= 0.6 is 0 Å². The molecule has 0 saturated carbocycles. The number of nitrogens with one attached hydrogen (secondary N) is 2. The van der Waals surface area contributed by atoms with Gasteiger partial charge in [-0.25, -0.2) is 4.98 Å². The van der Waals surface area contributed by atoms with E-state index in [0.717, 1.165) is 24.2 Å². The van der Waals surface area contributed by atoms with E-state index < -0.39 is 0 Å². The Labute approximate surface area is 124 Å². The normalized spacial score (nSPS) is 10.4. The maximum atomic E-state index is 12.2. The Kier molecular flexibility index (Phi) is 4.92. The SMILES string of the molecule is CCc1cc(C(=O)NCCc2ccn(C)n2)cc(NC)n1. The molecule has 0 unspecified atom stereocenters. The molecule has 21 heavy (non-hydrogen) atoms. The molecule has 6 nitrogen and oxygen atoms in total. The molecule has 0 saturated heterocycles. The molecule has 0 aromatic carbocycles. The number of rotatable bonds is 6. The standard InChI is InChI=1S/C15H21N5O/c1-4-12-9-11(10-14(16-2)18-12)15(21)17-7-5-13-6-8-20(3)19-13/h6,8-10H,4-5,7H2,1-3H3,(H,16,18)(H,17,21). The van der Waals surface area contributed by atoms with Crippen LogP contribution in [0.2, 0.25) is 0 Å². The van der Waals surface area contributed by atoms with Gasteiger partial charge in [0.25, 0.3) is 5.91 Å². The molecular weight excluding hydrogens is 266 g/mol. The number of carbonyl (C=O) groups excluding carboxylic acids is 1. The summed E-state index contributed by atoms with van der Waals surface area (Å²) in [6, 6.07) is 5.54. The molecule has 0 aliphatic carbocycles. The summed E-state index contributed by atoms with van der Waals surface area (Å²) in [4.78, 5) is 16.6. The lowest BCUT2D eigenvalue weighted by Crippen LogP contribution is -2.26. The van der Waals surface area contributed by atoms with Crippen molar-refractivity contribution < 1.29 is 4.79 Å². The van der Waals surface area contributed by atoms with E-state index >= 15 is 0 Å². The summed E-state index contributed by atoms with van der Waals surface area (Å²) in [6.07, 6.45) is 3.41. The van der Waals surface area contributed by atoms with Crippen molar-refractivity contribution in [3.8, 4) is 0 Å². The highest BCUT2D eigenvalue weighted by atomic mass is 16.1. The quantitative estimate of drug-likeness (QED) is 0.842. The fraction of sp³-hybridized carbons (Fsp3) is 0.400. The largest absolute Gasteiger partial charge is 0.373 e. The van der Waals surface area contributed by atoms with Crippen molar-refractivity contribution >= 4 is 11.7 Å². The summed E-state index contributed by atoms with van der Waals surface area (Å²) in [5, 5.41) is 10.2. The van der Waals surface area contributed by atoms with Gasteiger partial charge in [0, 0.05) is 44.5 Å². The van der Waals surface area contributed by atoms with Crippen LogP contribution in [0.15, 0.2) is 24.4 Å². The van der Waals surface area contributed by atoms with Crippen molar-refractivity contribution in [1.82, 2.24) is 20.1 Å². The molecule has 1 amide bonds. The summed E-state index contributed by atoms with van der Waals surface area (Å²) in [5.74, 6) is 0.628. The second-order valence-electron chi connectivity index (χ2n) is 4.82. The minimum Gasteiger partial charge on any atom is -0.373 e. The minimum absolute atomic E-state index is 0.0838. The zero-order valence-electron chi connectivity index (χ0n) is 12.7. The first-order chi connectivity index (χ1) is 10.1. The van der Waals surface area contributed by atoms with Gasteiger partial charge in [-0.1, -0.05) is 6.92 Å². The first kappa shape index (κ1) is 15.0. The van der Waals surface area contributed by atoms with Gasteiger partial charge in [-0.05, 0) is 24.6 Å². The molecule has 2 aromatic heterocycles. The van der Waals surface area contributed by atoms with Crippen LogP contribution in [0.1, 0.15) is 28.7 Å². The van der Waals surface area contributed by atoms with E-state index in [1.54, 1.807) is 17.8 Å². The summed E-state index contributed by atoms with van der Waals surface area (Å²) >= 11 is 0. The molecule has 0 aliphatic heterocycles. The van der Waals surface area contributed by atoms with Crippen LogP contribution < -0.4 is 10.6 Å². The van der Waals surface area contributed by atoms with Crippen LogP contribution in [0.3, 0.4) is 0 Å². The zero-order chi connectivity index (χ0) is 15.2. The molecule has 112 valence electrons. The van der Waals surface area contributed by atoms with Gasteiger partial charge in [0.05, 0.1) is 5.69 Å². The third-order valence-corrected chi connectivity index (χ3v) is 3.19. The molecule has 0 atom stereocenters. The Morgan fingerprint density at radius 2 is 2.14 bits per heavy atom. The average molecular weight is 287 g/mol. The Morgan fingerprint density at radius 3 is 2.76 bits per heavy atom. The minimum atomic E-state index is -0.0838. The van der Waals surface area contributed by atoms with Crippen molar-refractivity contribution in [3.05, 3.63) is 41.3 Å². The topological polar surface area (TPSA) is 71.8 Å². The number of aromatic nitrogens is 3. The molecular formula is C15H21N5O. The summed E-state index contributed by atoms with van der Waals surface area (Å²) in [5.41, 5.74) is 2.50. The molecule has 0 spiro atoms. The number of amides is 1. The van der Waals surface area contributed by atoms with Crippen LogP contribution in [0.5, 0.6) is 0 Å². The van der Waals surface area contributed by atoms with E-state index in [1.807, 2.05) is 32.3 Å². The summed E-state index contributed by atoms with van der Waals surface area (Å²) in [7, 11) is 3.68. The second-order valence-corrected chi connectivity index (χ2v) is 4.82. The summed E-state index contributed by atoms with van der Waals surface area (Å²) in [6.45, 7) is 2.58. The van der Waals surface area contributed by atoms with Crippen LogP contribution in [-0.4, -0.2) is 34.3 Å². The van der Waals surface area contributed by atoms with Crippen molar-refractivity contribution in [2.45, 2.75) is 19.8 Å². The fourth-order valence-electron chi connectivity index (χ4n) is 2.03. The Balaban J connectivity index is 1.96. The van der Waals surface area contributed by atoms with Gasteiger partial charge in [0.2, 0.25) is 0 Å². The highest BCUT2D eigenvalue weighted by molar-refractivity contribution is 5.95. The average Bonchev–Trinajstić information content (AvgIpc) is 2.92. The van der Waals surface area contributed by atoms with Gasteiger partial charge < -0.3 is 10.6 Å². The number of anilines is 1. The van der Waals surface area contributed by atoms with E-state index in [-0.39, 0.29) is 5.91 Å². The van der Waals surface area contributed by atoms with Crippen LogP contribution in [0, 0.1) is 0 Å². The molecule has 0 fully saturated rings. The molecule has 2 rings (SSSR count). The van der Waals surface area contributed by atoms with Gasteiger partial charge >= 0.3 is 0 Å². The van der Waals surface area contributed by atoms with E-state index in [1.165, 1.54) is 0 Å². The van der Waals surface area contributed by atoms with Gasteiger partial charge in [-0.15, -0.1) is 0 Å². The lowest BCUT2D eigenvalue weighted by molar-refractivity contribution is 0.0954. The van der Waals surface area contributed by atoms with Gasteiger partial charge in [-0.3, -0.25) is 9.48 Å². The van der Waals surface area contributed by atoms with E-state index in [0.29, 0.717) is 17.9 Å².